The van der Waals surface area contributed by atoms with E-state index in [0.717, 1.165) is 25.7 Å². The summed E-state index contributed by atoms with van der Waals surface area (Å²) in [5.41, 5.74) is 2.54. The first-order valence-corrected chi connectivity index (χ1v) is 7.08. The van der Waals surface area contributed by atoms with Crippen LogP contribution in [-0.2, 0) is 0 Å². The Labute approximate surface area is 118 Å². The van der Waals surface area contributed by atoms with Gasteiger partial charge in [0.15, 0.2) is 5.75 Å². The van der Waals surface area contributed by atoms with Gasteiger partial charge in [0.05, 0.1) is 4.92 Å². The average Bonchev–Trinajstić information content (AvgIpc) is 2.47. The predicted molar refractivity (Wildman–Crippen MR) is 77.6 cm³/mol. The fourth-order valence-electron chi connectivity index (χ4n) is 2.88. The summed E-state index contributed by atoms with van der Waals surface area (Å²) in [5, 5.41) is 11.2. The maximum Gasteiger partial charge on any atom is 0.335 e. The summed E-state index contributed by atoms with van der Waals surface area (Å²) < 4.78 is 5.96. The molecule has 1 aromatic carbocycles. The predicted octanol–water partition coefficient (Wildman–Crippen LogP) is 3.23. The van der Waals surface area contributed by atoms with Crippen molar-refractivity contribution >= 4 is 11.4 Å². The standard InChI is InChI=1S/C14H21N3O3/c1-2-10-6-3-4-8-12(10)20-13-9-5-7-11(16-15)14(13)17(18)19/h5,7,9-10,12,16H,2-4,6,8,15H2,1H3. The van der Waals surface area contributed by atoms with E-state index in [2.05, 4.69) is 12.3 Å². The van der Waals surface area contributed by atoms with Crippen LogP contribution in [0.2, 0.25) is 0 Å². The average molecular weight is 279 g/mol. The van der Waals surface area contributed by atoms with Gasteiger partial charge in [0.2, 0.25) is 0 Å². The highest BCUT2D eigenvalue weighted by atomic mass is 16.6. The Balaban J connectivity index is 2.26. The van der Waals surface area contributed by atoms with Crippen molar-refractivity contribution in [3.8, 4) is 5.75 Å². The molecule has 0 spiro atoms. The van der Waals surface area contributed by atoms with Crippen LogP contribution < -0.4 is 16.0 Å². The largest absolute Gasteiger partial charge is 0.483 e. The van der Waals surface area contributed by atoms with Crippen molar-refractivity contribution in [3.05, 3.63) is 28.3 Å². The Morgan fingerprint density at radius 2 is 2.20 bits per heavy atom. The van der Waals surface area contributed by atoms with Crippen LogP contribution in [0.4, 0.5) is 11.4 Å². The number of para-hydroxylation sites is 1. The lowest BCUT2D eigenvalue weighted by atomic mass is 9.85. The minimum absolute atomic E-state index is 0.0560. The lowest BCUT2D eigenvalue weighted by Gasteiger charge is -2.31. The molecule has 1 aliphatic carbocycles. The van der Waals surface area contributed by atoms with Gasteiger partial charge in [0.25, 0.3) is 0 Å². The van der Waals surface area contributed by atoms with Gasteiger partial charge in [-0.3, -0.25) is 16.0 Å². The normalized spacial score (nSPS) is 22.3. The first-order valence-electron chi connectivity index (χ1n) is 7.08. The molecule has 0 aliphatic heterocycles. The van der Waals surface area contributed by atoms with E-state index >= 15 is 0 Å². The lowest BCUT2D eigenvalue weighted by molar-refractivity contribution is -0.385. The summed E-state index contributed by atoms with van der Waals surface area (Å²) in [6, 6.07) is 4.92. The SMILES string of the molecule is CCC1CCCCC1Oc1cccc(NN)c1[N+](=O)[O-]. The Bertz CT molecular complexity index is 479. The highest BCUT2D eigenvalue weighted by Gasteiger charge is 2.29. The number of ether oxygens (including phenoxy) is 1. The molecule has 3 N–H and O–H groups in total. The molecule has 1 aliphatic rings. The number of nitrogens with zero attached hydrogens (tertiary/aromatic N) is 1. The van der Waals surface area contributed by atoms with Crippen molar-refractivity contribution in [1.82, 2.24) is 0 Å². The Hall–Kier alpha value is -1.82. The van der Waals surface area contributed by atoms with E-state index in [9.17, 15) is 10.1 Å². The first-order chi connectivity index (χ1) is 9.67. The number of nitro benzene ring substituents is 1. The second-order valence-corrected chi connectivity index (χ2v) is 5.16. The Kier molecular flexibility index (Phi) is 4.79. The van der Waals surface area contributed by atoms with Crippen LogP contribution in [0.25, 0.3) is 0 Å². The second-order valence-electron chi connectivity index (χ2n) is 5.16. The molecule has 1 fully saturated rings. The molecule has 0 heterocycles. The Morgan fingerprint density at radius 3 is 2.85 bits per heavy atom. The van der Waals surface area contributed by atoms with E-state index in [1.165, 1.54) is 6.42 Å². The quantitative estimate of drug-likeness (QED) is 0.490. The number of benzene rings is 1. The van der Waals surface area contributed by atoms with Gasteiger partial charge in [-0.05, 0) is 43.7 Å². The van der Waals surface area contributed by atoms with E-state index in [-0.39, 0.29) is 17.5 Å². The van der Waals surface area contributed by atoms with E-state index in [1.807, 2.05) is 0 Å². The highest BCUT2D eigenvalue weighted by Crippen LogP contribution is 2.38. The number of hydrogen-bond acceptors (Lipinski definition) is 5. The Morgan fingerprint density at radius 1 is 1.45 bits per heavy atom. The summed E-state index contributed by atoms with van der Waals surface area (Å²) >= 11 is 0. The van der Waals surface area contributed by atoms with Crippen LogP contribution in [0.15, 0.2) is 18.2 Å². The monoisotopic (exact) mass is 279 g/mol. The number of nitrogens with one attached hydrogen (secondary N) is 1. The van der Waals surface area contributed by atoms with Crippen LogP contribution in [0.1, 0.15) is 39.0 Å². The number of nitrogen functional groups attached to an aromatic ring is 1. The van der Waals surface area contributed by atoms with Gasteiger partial charge in [0, 0.05) is 0 Å². The summed E-state index contributed by atoms with van der Waals surface area (Å²) in [6.45, 7) is 2.14. The molecule has 1 aromatic rings. The number of anilines is 1. The molecule has 0 amide bonds. The van der Waals surface area contributed by atoms with Crippen LogP contribution in [0.5, 0.6) is 5.75 Å². The fraction of sp³-hybridized carbons (Fsp3) is 0.571. The molecule has 0 saturated heterocycles. The fourth-order valence-corrected chi connectivity index (χ4v) is 2.88. The van der Waals surface area contributed by atoms with Crippen LogP contribution >= 0.6 is 0 Å². The molecule has 6 nitrogen and oxygen atoms in total. The van der Waals surface area contributed by atoms with Crippen molar-refractivity contribution in [2.45, 2.75) is 45.1 Å². The zero-order valence-electron chi connectivity index (χ0n) is 11.7. The van der Waals surface area contributed by atoms with Crippen LogP contribution in [0, 0.1) is 16.0 Å². The third-order valence-corrected chi connectivity index (χ3v) is 3.98. The van der Waals surface area contributed by atoms with Gasteiger partial charge in [-0.1, -0.05) is 19.4 Å². The second kappa shape index (κ2) is 6.56. The summed E-state index contributed by atoms with van der Waals surface area (Å²) in [4.78, 5) is 10.8. The van der Waals surface area contributed by atoms with Gasteiger partial charge in [-0.15, -0.1) is 0 Å². The third kappa shape index (κ3) is 3.01. The van der Waals surface area contributed by atoms with Crippen molar-refractivity contribution in [3.63, 3.8) is 0 Å². The summed E-state index contributed by atoms with van der Waals surface area (Å²) in [6.07, 6.45) is 5.50. The molecule has 0 aromatic heterocycles. The topological polar surface area (TPSA) is 90.4 Å². The van der Waals surface area contributed by atoms with Gasteiger partial charge < -0.3 is 10.2 Å². The smallest absolute Gasteiger partial charge is 0.335 e. The number of nitro groups is 1. The number of nitrogens with two attached hydrogens (primary N) is 1. The zero-order chi connectivity index (χ0) is 14.5. The summed E-state index contributed by atoms with van der Waals surface area (Å²) in [5.74, 6) is 6.11. The molecule has 2 atom stereocenters. The number of rotatable bonds is 5. The summed E-state index contributed by atoms with van der Waals surface area (Å²) in [7, 11) is 0. The van der Waals surface area contributed by atoms with Crippen LogP contribution in [0.3, 0.4) is 0 Å². The number of hydrogen-bond donors (Lipinski definition) is 2. The van der Waals surface area contributed by atoms with Crippen molar-refractivity contribution < 1.29 is 9.66 Å². The lowest BCUT2D eigenvalue weighted by Crippen LogP contribution is -2.30. The minimum Gasteiger partial charge on any atom is -0.483 e. The minimum atomic E-state index is -0.450. The molecule has 6 heteroatoms. The van der Waals surface area contributed by atoms with Gasteiger partial charge >= 0.3 is 5.69 Å². The van der Waals surface area contributed by atoms with Gasteiger partial charge in [-0.2, -0.15) is 0 Å². The van der Waals surface area contributed by atoms with E-state index in [4.69, 9.17) is 10.6 Å². The molecular weight excluding hydrogens is 258 g/mol. The van der Waals surface area contributed by atoms with E-state index in [1.54, 1.807) is 18.2 Å². The van der Waals surface area contributed by atoms with Crippen molar-refractivity contribution in [2.24, 2.45) is 11.8 Å². The molecule has 1 saturated carbocycles. The molecule has 0 bridgehead atoms. The van der Waals surface area contributed by atoms with E-state index in [0.29, 0.717) is 11.7 Å². The first kappa shape index (κ1) is 14.6. The maximum absolute atomic E-state index is 11.2. The molecule has 20 heavy (non-hydrogen) atoms. The zero-order valence-corrected chi connectivity index (χ0v) is 11.7. The highest BCUT2D eigenvalue weighted by molar-refractivity contribution is 5.67. The molecule has 110 valence electrons. The molecule has 2 unspecified atom stereocenters. The van der Waals surface area contributed by atoms with Gasteiger partial charge in [0.1, 0.15) is 11.8 Å². The van der Waals surface area contributed by atoms with Crippen molar-refractivity contribution in [1.29, 1.82) is 0 Å². The molecular formula is C14H21N3O3. The van der Waals surface area contributed by atoms with Crippen LogP contribution in [-0.4, -0.2) is 11.0 Å². The number of hydrazine groups is 1. The molecule has 0 radical (unpaired) electrons. The van der Waals surface area contributed by atoms with Gasteiger partial charge in [-0.25, -0.2) is 0 Å². The van der Waals surface area contributed by atoms with E-state index < -0.39 is 4.92 Å². The third-order valence-electron chi connectivity index (χ3n) is 3.98. The molecule has 2 rings (SSSR count). The maximum atomic E-state index is 11.2. The van der Waals surface area contributed by atoms with Crippen molar-refractivity contribution in [2.75, 3.05) is 5.43 Å².